The van der Waals surface area contributed by atoms with E-state index in [4.69, 9.17) is 15.2 Å². The second kappa shape index (κ2) is 7.98. The Morgan fingerprint density at radius 2 is 1.83 bits per heavy atom. The molecule has 0 spiro atoms. The second-order valence-electron chi connectivity index (χ2n) is 4.63. The van der Waals surface area contributed by atoms with Crippen LogP contribution in [-0.2, 0) is 0 Å². The highest BCUT2D eigenvalue weighted by atomic mass is 16.5. The van der Waals surface area contributed by atoms with E-state index >= 15 is 0 Å². The first-order chi connectivity index (χ1) is 8.69. The molecule has 0 aromatic heterocycles. The van der Waals surface area contributed by atoms with Crippen LogP contribution in [0.15, 0.2) is 24.3 Å². The maximum atomic E-state index is 5.79. The molecule has 18 heavy (non-hydrogen) atoms. The zero-order valence-corrected chi connectivity index (χ0v) is 11.7. The molecule has 0 aliphatic rings. The van der Waals surface area contributed by atoms with E-state index in [0.717, 1.165) is 30.9 Å². The first-order valence-electron chi connectivity index (χ1n) is 6.79. The van der Waals surface area contributed by atoms with Gasteiger partial charge in [-0.2, -0.15) is 0 Å². The number of ether oxygens (including phenoxy) is 2. The average Bonchev–Trinajstić information content (AvgIpc) is 2.40. The summed E-state index contributed by atoms with van der Waals surface area (Å²) in [4.78, 5) is 0. The minimum absolute atomic E-state index is 0.0271. The first kappa shape index (κ1) is 14.8. The molecule has 1 rings (SSSR count). The lowest BCUT2D eigenvalue weighted by Gasteiger charge is -2.16. The summed E-state index contributed by atoms with van der Waals surface area (Å²) in [5.74, 6) is 2.30. The van der Waals surface area contributed by atoms with Crippen molar-refractivity contribution in [1.82, 2.24) is 0 Å². The SMILES string of the molecule is CCC(CC)COc1cccc(OC(C)CN)c1. The molecule has 1 aromatic rings. The fourth-order valence-electron chi connectivity index (χ4n) is 1.66. The number of rotatable bonds is 8. The molecule has 3 nitrogen and oxygen atoms in total. The summed E-state index contributed by atoms with van der Waals surface area (Å²) in [6.45, 7) is 7.62. The largest absolute Gasteiger partial charge is 0.493 e. The molecule has 0 aliphatic heterocycles. The van der Waals surface area contributed by atoms with Gasteiger partial charge in [-0.05, 0) is 25.0 Å². The van der Waals surface area contributed by atoms with Crippen LogP contribution in [0.5, 0.6) is 11.5 Å². The van der Waals surface area contributed by atoms with E-state index in [1.165, 1.54) is 0 Å². The van der Waals surface area contributed by atoms with Crippen LogP contribution >= 0.6 is 0 Å². The van der Waals surface area contributed by atoms with Crippen molar-refractivity contribution in [3.8, 4) is 11.5 Å². The van der Waals surface area contributed by atoms with Gasteiger partial charge < -0.3 is 15.2 Å². The van der Waals surface area contributed by atoms with Crippen LogP contribution < -0.4 is 15.2 Å². The van der Waals surface area contributed by atoms with Crippen molar-refractivity contribution in [1.29, 1.82) is 0 Å². The Labute approximate surface area is 110 Å². The minimum atomic E-state index is 0.0271. The molecule has 2 N–H and O–H groups in total. The molecule has 0 bridgehead atoms. The van der Waals surface area contributed by atoms with Gasteiger partial charge in [0.15, 0.2) is 0 Å². The molecule has 0 fully saturated rings. The van der Waals surface area contributed by atoms with E-state index in [1.807, 2.05) is 31.2 Å². The molecule has 102 valence electrons. The predicted molar refractivity (Wildman–Crippen MR) is 75.2 cm³/mol. The summed E-state index contributed by atoms with van der Waals surface area (Å²) < 4.78 is 11.5. The Balaban J connectivity index is 2.53. The van der Waals surface area contributed by atoms with Gasteiger partial charge in [0.1, 0.15) is 17.6 Å². The molecular weight excluding hydrogens is 226 g/mol. The Hall–Kier alpha value is -1.22. The van der Waals surface area contributed by atoms with Gasteiger partial charge in [0, 0.05) is 12.6 Å². The molecule has 0 saturated carbocycles. The number of hydrogen-bond acceptors (Lipinski definition) is 3. The van der Waals surface area contributed by atoms with Crippen LogP contribution in [0.25, 0.3) is 0 Å². The van der Waals surface area contributed by atoms with Crippen molar-refractivity contribution in [3.63, 3.8) is 0 Å². The van der Waals surface area contributed by atoms with Gasteiger partial charge in [0.05, 0.1) is 6.61 Å². The molecule has 0 heterocycles. The van der Waals surface area contributed by atoms with Gasteiger partial charge in [0.25, 0.3) is 0 Å². The van der Waals surface area contributed by atoms with E-state index in [1.54, 1.807) is 0 Å². The second-order valence-corrected chi connectivity index (χ2v) is 4.63. The fourth-order valence-corrected chi connectivity index (χ4v) is 1.66. The maximum Gasteiger partial charge on any atom is 0.123 e. The highest BCUT2D eigenvalue weighted by Gasteiger charge is 2.06. The molecule has 0 aliphatic carbocycles. The van der Waals surface area contributed by atoms with Crippen LogP contribution in [0.3, 0.4) is 0 Å². The molecule has 3 heteroatoms. The van der Waals surface area contributed by atoms with Crippen molar-refractivity contribution in [3.05, 3.63) is 24.3 Å². The third-order valence-electron chi connectivity index (χ3n) is 3.12. The van der Waals surface area contributed by atoms with Crippen LogP contribution in [0, 0.1) is 5.92 Å². The lowest BCUT2D eigenvalue weighted by atomic mass is 10.1. The van der Waals surface area contributed by atoms with Crippen molar-refractivity contribution < 1.29 is 9.47 Å². The fraction of sp³-hybridized carbons (Fsp3) is 0.600. The van der Waals surface area contributed by atoms with Gasteiger partial charge in [0.2, 0.25) is 0 Å². The highest BCUT2D eigenvalue weighted by molar-refractivity contribution is 5.33. The van der Waals surface area contributed by atoms with E-state index in [0.29, 0.717) is 12.5 Å². The topological polar surface area (TPSA) is 44.5 Å². The van der Waals surface area contributed by atoms with Crippen LogP contribution in [-0.4, -0.2) is 19.3 Å². The van der Waals surface area contributed by atoms with Crippen molar-refractivity contribution >= 4 is 0 Å². The molecule has 1 unspecified atom stereocenters. The smallest absolute Gasteiger partial charge is 0.123 e. The summed E-state index contributed by atoms with van der Waals surface area (Å²) in [7, 11) is 0. The first-order valence-corrected chi connectivity index (χ1v) is 6.79. The third kappa shape index (κ3) is 4.96. The Kier molecular flexibility index (Phi) is 6.58. The lowest BCUT2D eigenvalue weighted by Crippen LogP contribution is -2.22. The third-order valence-corrected chi connectivity index (χ3v) is 3.12. The molecular formula is C15H25NO2. The normalized spacial score (nSPS) is 12.5. The van der Waals surface area contributed by atoms with Crippen molar-refractivity contribution in [2.75, 3.05) is 13.2 Å². The molecule has 0 amide bonds. The predicted octanol–water partition coefficient (Wildman–Crippen LogP) is 3.23. The Morgan fingerprint density at radius 1 is 1.17 bits per heavy atom. The van der Waals surface area contributed by atoms with E-state index in [9.17, 15) is 0 Å². The number of nitrogens with two attached hydrogens (primary N) is 1. The van der Waals surface area contributed by atoms with Crippen LogP contribution in [0.1, 0.15) is 33.6 Å². The van der Waals surface area contributed by atoms with E-state index in [-0.39, 0.29) is 6.10 Å². The van der Waals surface area contributed by atoms with E-state index in [2.05, 4.69) is 13.8 Å². The molecule has 0 saturated heterocycles. The zero-order valence-electron chi connectivity index (χ0n) is 11.7. The van der Waals surface area contributed by atoms with Gasteiger partial charge >= 0.3 is 0 Å². The Bertz CT molecular complexity index is 337. The summed E-state index contributed by atoms with van der Waals surface area (Å²) in [5, 5.41) is 0. The lowest BCUT2D eigenvalue weighted by molar-refractivity contribution is 0.222. The molecule has 0 radical (unpaired) electrons. The monoisotopic (exact) mass is 251 g/mol. The van der Waals surface area contributed by atoms with Gasteiger partial charge in [-0.25, -0.2) is 0 Å². The van der Waals surface area contributed by atoms with Crippen molar-refractivity contribution in [2.24, 2.45) is 11.7 Å². The van der Waals surface area contributed by atoms with Gasteiger partial charge in [-0.15, -0.1) is 0 Å². The average molecular weight is 251 g/mol. The summed E-state index contributed by atoms with van der Waals surface area (Å²) in [6.07, 6.45) is 2.33. The van der Waals surface area contributed by atoms with Gasteiger partial charge in [-0.3, -0.25) is 0 Å². The van der Waals surface area contributed by atoms with Crippen LogP contribution in [0.4, 0.5) is 0 Å². The Morgan fingerprint density at radius 3 is 2.44 bits per heavy atom. The number of benzene rings is 1. The summed E-state index contributed by atoms with van der Waals surface area (Å²) >= 11 is 0. The summed E-state index contributed by atoms with van der Waals surface area (Å²) in [5.41, 5.74) is 5.54. The van der Waals surface area contributed by atoms with Gasteiger partial charge in [-0.1, -0.05) is 32.8 Å². The standard InChI is InChI=1S/C15H25NO2/c1-4-13(5-2)11-17-14-7-6-8-15(9-14)18-12(3)10-16/h6-9,12-13H,4-5,10-11,16H2,1-3H3. The van der Waals surface area contributed by atoms with Crippen molar-refractivity contribution in [2.45, 2.75) is 39.7 Å². The molecule has 1 atom stereocenters. The number of hydrogen-bond donors (Lipinski definition) is 1. The quantitative estimate of drug-likeness (QED) is 0.771. The minimum Gasteiger partial charge on any atom is -0.493 e. The van der Waals surface area contributed by atoms with Crippen LogP contribution in [0.2, 0.25) is 0 Å². The van der Waals surface area contributed by atoms with E-state index < -0.39 is 0 Å². The molecule has 1 aromatic carbocycles. The maximum absolute atomic E-state index is 5.79. The summed E-state index contributed by atoms with van der Waals surface area (Å²) in [6, 6.07) is 7.76. The zero-order chi connectivity index (χ0) is 13.4. The highest BCUT2D eigenvalue weighted by Crippen LogP contribution is 2.21.